The van der Waals surface area contributed by atoms with Crippen molar-refractivity contribution in [3.63, 3.8) is 0 Å². The third-order valence-electron chi connectivity index (χ3n) is 4.04. The topological polar surface area (TPSA) is 51.2 Å². The highest BCUT2D eigenvalue weighted by Gasteiger charge is 2.40. The van der Waals surface area contributed by atoms with Gasteiger partial charge in [0.1, 0.15) is 21.5 Å². The van der Waals surface area contributed by atoms with Gasteiger partial charge in [0.2, 0.25) is 0 Å². The number of rotatable bonds is 6. The predicted octanol–water partition coefficient (Wildman–Crippen LogP) is 5.84. The molecule has 0 fully saturated rings. The number of alkyl halides is 6. The van der Waals surface area contributed by atoms with E-state index in [1.54, 1.807) is 0 Å². The maximum absolute atomic E-state index is 13.9. The maximum Gasteiger partial charge on any atom is 0.573 e. The van der Waals surface area contributed by atoms with Gasteiger partial charge in [-0.1, -0.05) is 24.3 Å². The number of carbonyl (C=O) groups excluding carboxylic acids is 1. The summed E-state index contributed by atoms with van der Waals surface area (Å²) in [5.41, 5.74) is -1.26. The Bertz CT molecular complexity index is 1110. The van der Waals surface area contributed by atoms with Gasteiger partial charge in [0.25, 0.3) is 5.91 Å². The van der Waals surface area contributed by atoms with Crippen LogP contribution >= 0.6 is 11.3 Å². The van der Waals surface area contributed by atoms with Gasteiger partial charge in [-0.2, -0.15) is 13.2 Å². The number of ether oxygens (including phenoxy) is 1. The first kappa shape index (κ1) is 23.5. The van der Waals surface area contributed by atoms with E-state index >= 15 is 0 Å². The second kappa shape index (κ2) is 9.15. The lowest BCUT2D eigenvalue weighted by Gasteiger charge is -2.10. The minimum atomic E-state index is -4.95. The number of hydrogen-bond donors (Lipinski definition) is 1. The number of carbonyl (C=O) groups is 1. The van der Waals surface area contributed by atoms with Gasteiger partial charge in [-0.3, -0.25) is 4.79 Å². The molecule has 0 unspecified atom stereocenters. The van der Waals surface area contributed by atoms with Crippen LogP contribution in [-0.4, -0.2) is 23.8 Å². The Kier molecular flexibility index (Phi) is 6.72. The molecular weight excluding hydrogens is 465 g/mol. The van der Waals surface area contributed by atoms with Crippen LogP contribution in [0.1, 0.15) is 20.9 Å². The summed E-state index contributed by atoms with van der Waals surface area (Å²) in [5.74, 6) is -2.33. The minimum absolute atomic E-state index is 0.0289. The van der Waals surface area contributed by atoms with Crippen molar-refractivity contribution in [2.75, 3.05) is 6.54 Å². The van der Waals surface area contributed by atoms with E-state index in [0.29, 0.717) is 16.9 Å². The molecule has 12 heteroatoms. The second-order valence-electron chi connectivity index (χ2n) is 6.38. The fourth-order valence-electron chi connectivity index (χ4n) is 2.71. The van der Waals surface area contributed by atoms with Crippen LogP contribution in [0.2, 0.25) is 0 Å². The van der Waals surface area contributed by atoms with E-state index in [1.165, 1.54) is 30.3 Å². The molecule has 4 nitrogen and oxygen atoms in total. The molecule has 0 aliphatic rings. The molecule has 1 heterocycles. The lowest BCUT2D eigenvalue weighted by Crippen LogP contribution is -2.27. The Hall–Kier alpha value is -3.15. The van der Waals surface area contributed by atoms with Gasteiger partial charge in [0.15, 0.2) is 5.69 Å². The van der Waals surface area contributed by atoms with E-state index in [9.17, 15) is 35.5 Å². The molecule has 0 atom stereocenters. The predicted molar refractivity (Wildman–Crippen MR) is 102 cm³/mol. The molecule has 0 spiro atoms. The first-order chi connectivity index (χ1) is 14.9. The molecule has 1 N–H and O–H groups in total. The molecule has 170 valence electrons. The Morgan fingerprint density at radius 3 is 2.41 bits per heavy atom. The fraction of sp³-hybridized carbons (Fsp3) is 0.200. The molecule has 0 aliphatic carbocycles. The molecule has 0 saturated heterocycles. The van der Waals surface area contributed by atoms with Crippen LogP contribution in [0.5, 0.6) is 5.75 Å². The van der Waals surface area contributed by atoms with Crippen LogP contribution in [-0.2, 0) is 12.6 Å². The van der Waals surface area contributed by atoms with E-state index < -0.39 is 40.6 Å². The summed E-state index contributed by atoms with van der Waals surface area (Å²) in [6, 6.07) is 10.1. The highest BCUT2D eigenvalue weighted by molar-refractivity contribution is 7.17. The molecule has 3 rings (SSSR count). The normalized spacial score (nSPS) is 12.0. The van der Waals surface area contributed by atoms with Gasteiger partial charge in [-0.05, 0) is 36.2 Å². The summed E-state index contributed by atoms with van der Waals surface area (Å²) in [6.07, 6.45) is -9.79. The second-order valence-corrected chi connectivity index (χ2v) is 7.37. The van der Waals surface area contributed by atoms with Crippen LogP contribution in [0.4, 0.5) is 30.7 Å². The van der Waals surface area contributed by atoms with Crippen LogP contribution in [0, 0.1) is 5.82 Å². The molecule has 1 amide bonds. The number of hydrogen-bond acceptors (Lipinski definition) is 4. The van der Waals surface area contributed by atoms with Gasteiger partial charge < -0.3 is 10.1 Å². The van der Waals surface area contributed by atoms with Gasteiger partial charge in [0.05, 0.1) is 0 Å². The third-order valence-corrected chi connectivity index (χ3v) is 5.12. The van der Waals surface area contributed by atoms with Crippen molar-refractivity contribution in [3.8, 4) is 16.3 Å². The number of amides is 1. The SMILES string of the molecule is O=C(NCCc1cccc(OC(F)(F)F)c1)c1sc(-c2ccccc2F)nc1C(F)(F)F. The average Bonchev–Trinajstić information content (AvgIpc) is 3.13. The molecular formula is C20H13F7N2O2S. The van der Waals surface area contributed by atoms with Crippen molar-refractivity contribution >= 4 is 17.2 Å². The molecule has 32 heavy (non-hydrogen) atoms. The van der Waals surface area contributed by atoms with E-state index in [1.807, 2.05) is 0 Å². The molecule has 2 aromatic carbocycles. The first-order valence-electron chi connectivity index (χ1n) is 8.90. The Morgan fingerprint density at radius 1 is 1.03 bits per heavy atom. The Morgan fingerprint density at radius 2 is 1.75 bits per heavy atom. The first-order valence-corrected chi connectivity index (χ1v) is 9.71. The molecule has 0 saturated carbocycles. The van der Waals surface area contributed by atoms with Crippen LogP contribution < -0.4 is 10.1 Å². The van der Waals surface area contributed by atoms with Gasteiger partial charge >= 0.3 is 12.5 Å². The standard InChI is InChI=1S/C20H13F7N2O2S/c21-14-7-2-1-6-13(14)18-29-16(19(22,23)24)15(32-18)17(30)28-9-8-11-4-3-5-12(10-11)31-20(25,26)27/h1-7,10H,8-9H2,(H,28,30). The van der Waals surface area contributed by atoms with Crippen LogP contribution in [0.25, 0.3) is 10.6 Å². The van der Waals surface area contributed by atoms with Crippen molar-refractivity contribution in [2.45, 2.75) is 19.0 Å². The average molecular weight is 478 g/mol. The number of thiazole rings is 1. The number of nitrogens with zero attached hydrogens (tertiary/aromatic N) is 1. The van der Waals surface area contributed by atoms with Gasteiger partial charge in [-0.25, -0.2) is 9.37 Å². The van der Waals surface area contributed by atoms with E-state index in [4.69, 9.17) is 0 Å². The van der Waals surface area contributed by atoms with Gasteiger partial charge in [0, 0.05) is 12.1 Å². The van der Waals surface area contributed by atoms with Crippen molar-refractivity contribution in [3.05, 3.63) is 70.5 Å². The van der Waals surface area contributed by atoms with Crippen molar-refractivity contribution in [2.24, 2.45) is 0 Å². The monoisotopic (exact) mass is 478 g/mol. The highest BCUT2D eigenvalue weighted by atomic mass is 32.1. The van der Waals surface area contributed by atoms with E-state index in [2.05, 4.69) is 15.0 Å². The molecule has 0 radical (unpaired) electrons. The van der Waals surface area contributed by atoms with Crippen molar-refractivity contribution in [1.29, 1.82) is 0 Å². The molecule has 0 bridgehead atoms. The number of benzene rings is 2. The third kappa shape index (κ3) is 5.96. The Labute approximate surface area is 180 Å². The quantitative estimate of drug-likeness (QED) is 0.453. The van der Waals surface area contributed by atoms with E-state index in [0.717, 1.165) is 18.2 Å². The van der Waals surface area contributed by atoms with Gasteiger partial charge in [-0.15, -0.1) is 24.5 Å². The number of aromatic nitrogens is 1. The fourth-order valence-corrected chi connectivity index (χ4v) is 3.74. The zero-order valence-electron chi connectivity index (χ0n) is 15.9. The Balaban J connectivity index is 1.74. The largest absolute Gasteiger partial charge is 0.573 e. The smallest absolute Gasteiger partial charge is 0.406 e. The summed E-state index contributed by atoms with van der Waals surface area (Å²) in [4.78, 5) is 15.0. The minimum Gasteiger partial charge on any atom is -0.406 e. The summed E-state index contributed by atoms with van der Waals surface area (Å²) >= 11 is 0.389. The lowest BCUT2D eigenvalue weighted by atomic mass is 10.1. The van der Waals surface area contributed by atoms with E-state index in [-0.39, 0.29) is 23.5 Å². The highest BCUT2D eigenvalue weighted by Crippen LogP contribution is 2.38. The molecule has 1 aromatic heterocycles. The van der Waals surface area contributed by atoms with Crippen molar-refractivity contribution < 1.29 is 40.3 Å². The molecule has 0 aliphatic heterocycles. The molecule has 3 aromatic rings. The number of halogens is 7. The summed E-state index contributed by atoms with van der Waals surface area (Å²) in [5, 5.41) is 1.97. The zero-order chi connectivity index (χ0) is 23.5. The summed E-state index contributed by atoms with van der Waals surface area (Å²) < 4.78 is 94.8. The number of nitrogens with one attached hydrogen (secondary N) is 1. The van der Waals surface area contributed by atoms with Crippen molar-refractivity contribution in [1.82, 2.24) is 10.3 Å². The zero-order valence-corrected chi connectivity index (χ0v) is 16.7. The van der Waals surface area contributed by atoms with Crippen LogP contribution in [0.3, 0.4) is 0 Å². The summed E-state index contributed by atoms with van der Waals surface area (Å²) in [7, 11) is 0. The summed E-state index contributed by atoms with van der Waals surface area (Å²) in [6.45, 7) is -0.168. The lowest BCUT2D eigenvalue weighted by molar-refractivity contribution is -0.274. The maximum atomic E-state index is 13.9. The van der Waals surface area contributed by atoms with Crippen LogP contribution in [0.15, 0.2) is 48.5 Å².